The summed E-state index contributed by atoms with van der Waals surface area (Å²) in [5.41, 5.74) is 1.14. The molecule has 0 atom stereocenters. The molecule has 0 spiro atoms. The molecule has 1 aliphatic heterocycles. The third-order valence-corrected chi connectivity index (χ3v) is 3.61. The van der Waals surface area contributed by atoms with E-state index < -0.39 is 5.97 Å². The highest BCUT2D eigenvalue weighted by atomic mass is 16.4. The van der Waals surface area contributed by atoms with E-state index in [-0.39, 0.29) is 5.69 Å². The van der Waals surface area contributed by atoms with E-state index in [4.69, 9.17) is 0 Å². The van der Waals surface area contributed by atoms with Crippen LogP contribution in [0.4, 0.5) is 5.82 Å². The fraction of sp³-hybridized carbons (Fsp3) is 0.312. The van der Waals surface area contributed by atoms with Crippen molar-refractivity contribution in [3.05, 3.63) is 53.5 Å². The number of nitrogens with zero attached hydrogens (tertiary/aromatic N) is 3. The zero-order valence-electron chi connectivity index (χ0n) is 11.7. The normalized spacial score (nSPS) is 14.4. The van der Waals surface area contributed by atoms with Crippen molar-refractivity contribution in [2.75, 3.05) is 18.0 Å². The first-order valence-electron chi connectivity index (χ1n) is 7.12. The lowest BCUT2D eigenvalue weighted by molar-refractivity contribution is 0.0690. The lowest BCUT2D eigenvalue weighted by atomic mass is 10.1. The number of carboxylic acid groups (broad SMARTS) is 1. The molecule has 5 nitrogen and oxygen atoms in total. The minimum Gasteiger partial charge on any atom is -0.477 e. The van der Waals surface area contributed by atoms with Gasteiger partial charge in [0, 0.05) is 25.6 Å². The van der Waals surface area contributed by atoms with Gasteiger partial charge in [-0.2, -0.15) is 0 Å². The van der Waals surface area contributed by atoms with E-state index in [0.717, 1.165) is 37.3 Å². The third kappa shape index (κ3) is 3.18. The summed E-state index contributed by atoms with van der Waals surface area (Å²) in [5, 5.41) is 9.23. The molecule has 1 saturated heterocycles. The maximum absolute atomic E-state index is 11.3. The van der Waals surface area contributed by atoms with E-state index in [0.29, 0.717) is 12.2 Å². The molecule has 2 aromatic rings. The zero-order chi connectivity index (χ0) is 14.7. The van der Waals surface area contributed by atoms with Crippen LogP contribution in [0.15, 0.2) is 36.4 Å². The minimum absolute atomic E-state index is 0.0674. The van der Waals surface area contributed by atoms with Crippen LogP contribution in [0.2, 0.25) is 0 Å². The molecule has 0 aliphatic carbocycles. The first-order valence-corrected chi connectivity index (χ1v) is 7.12. The molecule has 1 fully saturated rings. The maximum Gasteiger partial charge on any atom is 0.354 e. The molecule has 21 heavy (non-hydrogen) atoms. The van der Waals surface area contributed by atoms with Gasteiger partial charge in [0.1, 0.15) is 11.6 Å². The van der Waals surface area contributed by atoms with Gasteiger partial charge in [0.25, 0.3) is 0 Å². The Bertz CT molecular complexity index is 637. The van der Waals surface area contributed by atoms with Crippen LogP contribution in [0.1, 0.15) is 34.7 Å². The summed E-state index contributed by atoms with van der Waals surface area (Å²) >= 11 is 0. The van der Waals surface area contributed by atoms with E-state index in [9.17, 15) is 9.90 Å². The van der Waals surface area contributed by atoms with Crippen molar-refractivity contribution in [2.24, 2.45) is 0 Å². The minimum atomic E-state index is -1.01. The monoisotopic (exact) mass is 283 g/mol. The van der Waals surface area contributed by atoms with Gasteiger partial charge < -0.3 is 10.0 Å². The second-order valence-electron chi connectivity index (χ2n) is 5.19. The van der Waals surface area contributed by atoms with Crippen molar-refractivity contribution >= 4 is 11.8 Å². The van der Waals surface area contributed by atoms with Gasteiger partial charge >= 0.3 is 5.97 Å². The first kappa shape index (κ1) is 13.5. The van der Waals surface area contributed by atoms with Crippen molar-refractivity contribution in [1.82, 2.24) is 9.97 Å². The number of hydrogen-bond donors (Lipinski definition) is 1. The average molecular weight is 283 g/mol. The van der Waals surface area contributed by atoms with Gasteiger partial charge in [-0.15, -0.1) is 0 Å². The predicted molar refractivity (Wildman–Crippen MR) is 79.7 cm³/mol. The molecule has 0 amide bonds. The zero-order valence-corrected chi connectivity index (χ0v) is 11.7. The maximum atomic E-state index is 11.3. The van der Waals surface area contributed by atoms with Crippen LogP contribution in [-0.4, -0.2) is 34.1 Å². The number of hydrogen-bond acceptors (Lipinski definition) is 4. The Morgan fingerprint density at radius 1 is 1.14 bits per heavy atom. The molecule has 1 N–H and O–H groups in total. The summed E-state index contributed by atoms with van der Waals surface area (Å²) < 4.78 is 0. The third-order valence-electron chi connectivity index (χ3n) is 3.61. The molecule has 5 heteroatoms. The quantitative estimate of drug-likeness (QED) is 0.933. The Morgan fingerprint density at radius 3 is 2.52 bits per heavy atom. The molecule has 108 valence electrons. The van der Waals surface area contributed by atoms with Crippen LogP contribution in [0.25, 0.3) is 0 Å². The predicted octanol–water partition coefficient (Wildman–Crippen LogP) is 2.37. The van der Waals surface area contributed by atoms with E-state index in [1.54, 1.807) is 6.07 Å². The van der Waals surface area contributed by atoms with Gasteiger partial charge in [0.2, 0.25) is 0 Å². The number of carbonyl (C=O) groups is 1. The largest absolute Gasteiger partial charge is 0.477 e. The molecular weight excluding hydrogens is 266 g/mol. The number of anilines is 1. The molecule has 3 rings (SSSR count). The molecule has 0 radical (unpaired) electrons. The van der Waals surface area contributed by atoms with Gasteiger partial charge in [-0.1, -0.05) is 30.3 Å². The Hall–Kier alpha value is -2.43. The van der Waals surface area contributed by atoms with E-state index in [1.165, 1.54) is 0 Å². The summed E-state index contributed by atoms with van der Waals surface area (Å²) in [7, 11) is 0. The molecule has 0 unspecified atom stereocenters. The van der Waals surface area contributed by atoms with Crippen molar-refractivity contribution in [3.8, 4) is 0 Å². The number of aromatic carboxylic acids is 1. The van der Waals surface area contributed by atoms with E-state index >= 15 is 0 Å². The fourth-order valence-corrected chi connectivity index (χ4v) is 2.56. The average Bonchev–Trinajstić information content (AvgIpc) is 3.02. The van der Waals surface area contributed by atoms with Gasteiger partial charge in [-0.3, -0.25) is 0 Å². The van der Waals surface area contributed by atoms with Crippen LogP contribution in [0, 0.1) is 0 Å². The number of benzene rings is 1. The highest BCUT2D eigenvalue weighted by molar-refractivity contribution is 5.86. The Kier molecular flexibility index (Phi) is 3.81. The lowest BCUT2D eigenvalue weighted by Gasteiger charge is -2.17. The van der Waals surface area contributed by atoms with Crippen LogP contribution in [0.5, 0.6) is 0 Å². The number of carboxylic acids is 1. The smallest absolute Gasteiger partial charge is 0.354 e. The molecule has 1 aromatic carbocycles. The lowest BCUT2D eigenvalue weighted by Crippen LogP contribution is -2.21. The van der Waals surface area contributed by atoms with Crippen LogP contribution >= 0.6 is 0 Å². The summed E-state index contributed by atoms with van der Waals surface area (Å²) in [6, 6.07) is 11.4. The Balaban J connectivity index is 1.93. The number of aromatic nitrogens is 2. The molecule has 0 saturated carbocycles. The standard InChI is InChI=1S/C16H17N3O2/c20-16(21)13-11-15(19-8-4-5-9-19)18-14(17-13)10-12-6-2-1-3-7-12/h1-3,6-7,11H,4-5,8-10H2,(H,20,21). The summed E-state index contributed by atoms with van der Waals surface area (Å²) in [4.78, 5) is 22.1. The van der Waals surface area contributed by atoms with Crippen LogP contribution in [0.3, 0.4) is 0 Å². The van der Waals surface area contributed by atoms with Gasteiger partial charge in [-0.05, 0) is 18.4 Å². The van der Waals surface area contributed by atoms with Gasteiger partial charge in [0.15, 0.2) is 5.69 Å². The van der Waals surface area contributed by atoms with E-state index in [1.807, 2.05) is 30.3 Å². The van der Waals surface area contributed by atoms with Gasteiger partial charge in [-0.25, -0.2) is 14.8 Å². The van der Waals surface area contributed by atoms with Crippen LogP contribution < -0.4 is 4.90 Å². The van der Waals surface area contributed by atoms with E-state index in [2.05, 4.69) is 14.9 Å². The van der Waals surface area contributed by atoms with Crippen molar-refractivity contribution in [1.29, 1.82) is 0 Å². The molecule has 0 bridgehead atoms. The molecule has 1 aromatic heterocycles. The highest BCUT2D eigenvalue weighted by Gasteiger charge is 2.18. The fourth-order valence-electron chi connectivity index (χ4n) is 2.56. The summed E-state index contributed by atoms with van der Waals surface area (Å²) in [5.74, 6) is 0.279. The Morgan fingerprint density at radius 2 is 1.86 bits per heavy atom. The summed E-state index contributed by atoms with van der Waals surface area (Å²) in [6.45, 7) is 1.86. The second kappa shape index (κ2) is 5.91. The van der Waals surface area contributed by atoms with Crippen molar-refractivity contribution < 1.29 is 9.90 Å². The summed E-state index contributed by atoms with van der Waals surface area (Å²) in [6.07, 6.45) is 2.80. The molecule has 2 heterocycles. The van der Waals surface area contributed by atoms with Crippen LogP contribution in [-0.2, 0) is 6.42 Å². The highest BCUT2D eigenvalue weighted by Crippen LogP contribution is 2.19. The second-order valence-corrected chi connectivity index (χ2v) is 5.19. The van der Waals surface area contributed by atoms with Crippen molar-refractivity contribution in [2.45, 2.75) is 19.3 Å². The van der Waals surface area contributed by atoms with Gasteiger partial charge in [0.05, 0.1) is 0 Å². The first-order chi connectivity index (χ1) is 10.2. The topological polar surface area (TPSA) is 66.3 Å². The molecular formula is C16H17N3O2. The molecule has 1 aliphatic rings. The van der Waals surface area contributed by atoms with Crippen molar-refractivity contribution in [3.63, 3.8) is 0 Å². The Labute approximate surface area is 123 Å². The number of rotatable bonds is 4. The SMILES string of the molecule is O=C(O)c1cc(N2CCCC2)nc(Cc2ccccc2)n1.